The highest BCUT2D eigenvalue weighted by atomic mass is 79.9. The van der Waals surface area contributed by atoms with Crippen molar-refractivity contribution >= 4 is 200 Å². The van der Waals surface area contributed by atoms with Gasteiger partial charge in [-0.25, -0.2) is 96.3 Å². The van der Waals surface area contributed by atoms with E-state index in [9.17, 15) is 39.5 Å². The van der Waals surface area contributed by atoms with Crippen LogP contribution in [0.4, 0.5) is 39.5 Å². The van der Waals surface area contributed by atoms with Gasteiger partial charge in [0, 0.05) is 23.3 Å². The van der Waals surface area contributed by atoms with E-state index >= 15 is 0 Å². The summed E-state index contributed by atoms with van der Waals surface area (Å²) in [5, 5.41) is 7.80. The topological polar surface area (TPSA) is 355 Å². The van der Waals surface area contributed by atoms with E-state index < -0.39 is 54.0 Å². The molecule has 6 N–H and O–H groups in total. The molecule has 6 aliphatic rings. The molecule has 0 saturated carbocycles. The van der Waals surface area contributed by atoms with Crippen LogP contribution in [0.15, 0.2) is 57.5 Å². The Morgan fingerprint density at radius 2 is 0.694 bits per heavy atom. The molecule has 15 heterocycles. The van der Waals surface area contributed by atoms with Crippen molar-refractivity contribution in [2.45, 2.75) is 113 Å². The maximum absolute atomic E-state index is 14.1. The van der Waals surface area contributed by atoms with Crippen LogP contribution in [0.2, 0.25) is 0 Å². The van der Waals surface area contributed by atoms with Crippen LogP contribution in [-0.2, 0) is 12.8 Å². The van der Waals surface area contributed by atoms with E-state index in [0.29, 0.717) is 117 Å². The molecule has 0 fully saturated rings. The highest BCUT2D eigenvalue weighted by Crippen LogP contribution is 2.47. The van der Waals surface area contributed by atoms with Gasteiger partial charge in [0.2, 0.25) is 6.54 Å². The lowest BCUT2D eigenvalue weighted by Gasteiger charge is -2.27. The van der Waals surface area contributed by atoms with Gasteiger partial charge in [-0.15, -0.1) is 0 Å². The van der Waals surface area contributed by atoms with Crippen LogP contribution in [0.25, 0.3) is 141 Å². The van der Waals surface area contributed by atoms with Crippen molar-refractivity contribution in [3.8, 4) is 6.07 Å². The molecule has 0 radical (unpaired) electrons. The highest BCUT2D eigenvalue weighted by Gasteiger charge is 2.50. The average Bonchev–Trinajstić information content (AvgIpc) is 1.63. The lowest BCUT2D eigenvalue weighted by molar-refractivity contribution is -0.211. The van der Waals surface area contributed by atoms with Gasteiger partial charge in [-0.3, -0.25) is 0 Å². The van der Waals surface area contributed by atoms with Gasteiger partial charge in [0.1, 0.15) is 74.2 Å². The first-order valence-corrected chi connectivity index (χ1v) is 36.6. The minimum atomic E-state index is -4.65. The fourth-order valence-corrected chi connectivity index (χ4v) is 12.4. The number of hydrogen-bond donors (Lipinski definition) is 6. The van der Waals surface area contributed by atoms with Crippen molar-refractivity contribution < 1.29 is 39.5 Å². The first-order valence-electron chi connectivity index (χ1n) is 33.5. The Balaban J connectivity index is 0.000000163. The molecule has 39 heteroatoms. The molecule has 0 spiro atoms. The van der Waals surface area contributed by atoms with Gasteiger partial charge in [-0.2, -0.15) is 44.8 Å². The smallest absolute Gasteiger partial charge is 0.325 e. The number of nitrogens with one attached hydrogen (secondary N) is 6. The number of H-pyrrole nitrogens is 6. The summed E-state index contributed by atoms with van der Waals surface area (Å²) in [5.74, 6) is 3.76. The molecule has 24 bridgehead atoms. The lowest BCUT2D eigenvalue weighted by atomic mass is 9.84. The van der Waals surface area contributed by atoms with Gasteiger partial charge in [0.05, 0.1) is 40.2 Å². The Hall–Kier alpha value is -10.8. The highest BCUT2D eigenvalue weighted by molar-refractivity contribution is 9.15. The fraction of sp³-hybridized carbons (Fsp3) is 0.306. The predicted octanol–water partition coefficient (Wildman–Crippen LogP) is 18.9. The number of aromatic amines is 6. The monoisotopic (exact) mass is 1780 g/mol. The third-order valence-electron chi connectivity index (χ3n) is 16.7. The van der Waals surface area contributed by atoms with Crippen LogP contribution in [-0.4, -0.2) is 145 Å². The summed E-state index contributed by atoms with van der Waals surface area (Å²) >= 11 is 14.0. The molecular formula is C72H61Br4F9N26. The molecule has 0 aliphatic carbocycles. The van der Waals surface area contributed by atoms with Gasteiger partial charge >= 0.3 is 18.5 Å². The number of nitriles is 1. The van der Waals surface area contributed by atoms with Crippen LogP contribution >= 0.6 is 63.7 Å². The summed E-state index contributed by atoms with van der Waals surface area (Å²) in [5.41, 5.74) is -0.513. The summed E-state index contributed by atoms with van der Waals surface area (Å²) in [7, 11) is 0. The molecule has 9 aromatic heterocycles. The fourth-order valence-electron chi connectivity index (χ4n) is 10.8. The second kappa shape index (κ2) is 31.2. The second-order valence-electron chi connectivity index (χ2n) is 28.6. The Kier molecular flexibility index (Phi) is 22.4. The van der Waals surface area contributed by atoms with E-state index in [-0.39, 0.29) is 68.0 Å². The number of nitrogens with zero attached hydrogens (tertiary/aromatic N) is 20. The summed E-state index contributed by atoms with van der Waals surface area (Å²) in [6.45, 7) is 18.6. The van der Waals surface area contributed by atoms with E-state index in [1.807, 2.05) is 63.2 Å². The number of allylic oxidation sites excluding steroid dienone is 2. The third-order valence-corrected chi connectivity index (χ3v) is 19.1. The standard InChI is InChI=1S/C36H41F9N8.C16H6Br4N8.C16H10N8.C4H4N2/c1-30(2,3)14-18-10-22-46-26(18)47-23-11-19(15-31(4,5)34(37,38)39)28(49-23)51-25-13-21(17-33(8,9)36(43,44)45)29(53-25)52-24-12-20(27(48-22)50-24)16-32(6,7)35(40,41)42;17-5-1-9-21-13(5)26-10-3-7(19)15(23-10)28-12-4-8(20)16(24-12)27-11-2-6(18)14(22-11)25-9;1-2-10-17-9(1)21-11-3-4-13(18-11)23-15-7-8-16(20-15)24-14-6-5-12(19-14)22-10;1-6-4-2-3-5/h10-13H,14-17H2,1-9H3,(H2,46,47,48,49,50,51,52,53);1-4H,(H2,21,22,23,24,25,26,27,28);1-8H,(H2,17,18,19,20,21,22,23,24);2,4H2. The second-order valence-corrected chi connectivity index (χ2v) is 32.0. The van der Waals surface area contributed by atoms with Crippen LogP contribution in [0.1, 0.15) is 163 Å². The number of fused-ring (bicyclic) bond motifs is 24. The molecule has 0 unspecified atom stereocenters. The Bertz CT molecular complexity index is 5820. The lowest BCUT2D eigenvalue weighted by Crippen LogP contribution is -2.34. The molecule has 0 saturated heterocycles. The SMILES string of the molecule is BrC1=Cc2nc1nc1cc(Br)c(nc3nc(nc4cc(Br)c(n2)[nH]4)C(Br)=C3)[nH]1.C1=Cc2nc1nc1nc(nc3ccc(nc4ccc(n2)[nH]4)[nH]3)C=C1.CC(C)(C)Cc1cc2nc3[nH]c(cc3CC(C)(C)C(F)(F)F)nc3nc(nc4nc(nc1[nH]2)C=C4CC(C)(C)C(F)(F)F)C=C3CC(C)(C)C(F)(F)F.[C-]#[N+]CCC#N. The molecule has 111 heavy (non-hydrogen) atoms. The molecule has 6 aliphatic heterocycles. The summed E-state index contributed by atoms with van der Waals surface area (Å²) in [6, 6.07) is 15.9. The molecular weight excluding hydrogens is 1720 g/mol. The zero-order valence-electron chi connectivity index (χ0n) is 59.8. The third kappa shape index (κ3) is 19.5. The van der Waals surface area contributed by atoms with Crippen LogP contribution in [0, 0.1) is 39.6 Å². The minimum absolute atomic E-state index is 0.00273. The zero-order valence-corrected chi connectivity index (χ0v) is 66.2. The number of alkyl halides is 9. The van der Waals surface area contributed by atoms with Gasteiger partial charge < -0.3 is 34.7 Å². The van der Waals surface area contributed by atoms with Crippen molar-refractivity contribution in [3.05, 3.63) is 150 Å². The van der Waals surface area contributed by atoms with Crippen LogP contribution < -0.4 is 0 Å². The molecule has 570 valence electrons. The van der Waals surface area contributed by atoms with Crippen molar-refractivity contribution in [3.63, 3.8) is 0 Å². The molecule has 26 nitrogen and oxygen atoms in total. The quantitative estimate of drug-likeness (QED) is 0.0467. The summed E-state index contributed by atoms with van der Waals surface area (Å²) in [4.78, 5) is 102. The Morgan fingerprint density at radius 1 is 0.360 bits per heavy atom. The van der Waals surface area contributed by atoms with Crippen LogP contribution in [0.3, 0.4) is 0 Å². The maximum atomic E-state index is 14.1. The van der Waals surface area contributed by atoms with Gasteiger partial charge in [0.15, 0.2) is 69.9 Å². The Morgan fingerprint density at radius 3 is 1.11 bits per heavy atom. The first-order chi connectivity index (χ1) is 52.1. The average molecular weight is 1780 g/mol. The molecule has 9 aromatic rings. The molecule has 0 atom stereocenters. The summed E-state index contributed by atoms with van der Waals surface area (Å²) < 4.78 is 130. The van der Waals surface area contributed by atoms with E-state index in [1.165, 1.54) is 18.2 Å². The van der Waals surface area contributed by atoms with Crippen molar-refractivity contribution in [2.24, 2.45) is 21.7 Å². The minimum Gasteiger partial charge on any atom is -0.325 e. The van der Waals surface area contributed by atoms with Crippen molar-refractivity contribution in [2.75, 3.05) is 6.54 Å². The van der Waals surface area contributed by atoms with E-state index in [2.05, 4.69) is 188 Å². The number of rotatable bonds is 8. The molecule has 0 amide bonds. The first kappa shape index (κ1) is 79.8. The molecule has 15 rings (SSSR count). The Labute approximate surface area is 657 Å². The number of halogens is 13. The normalized spacial score (nSPS) is 13.7. The number of aromatic nitrogens is 24. The van der Waals surface area contributed by atoms with E-state index in [4.69, 9.17) is 11.8 Å². The van der Waals surface area contributed by atoms with Gasteiger partial charge in [-0.05, 0) is 191 Å². The van der Waals surface area contributed by atoms with E-state index in [1.54, 1.807) is 42.5 Å². The number of hydrogen-bond acceptors (Lipinski definition) is 19. The maximum Gasteiger partial charge on any atom is 0.394 e. The van der Waals surface area contributed by atoms with Gasteiger partial charge in [-0.1, -0.05) is 62.3 Å². The van der Waals surface area contributed by atoms with Crippen LogP contribution in [0.5, 0.6) is 0 Å². The largest absolute Gasteiger partial charge is 0.394 e. The van der Waals surface area contributed by atoms with Crippen molar-refractivity contribution in [1.82, 2.24) is 120 Å². The van der Waals surface area contributed by atoms with Crippen molar-refractivity contribution in [1.29, 1.82) is 5.26 Å². The van der Waals surface area contributed by atoms with E-state index in [0.717, 1.165) is 59.5 Å². The summed E-state index contributed by atoms with van der Waals surface area (Å²) in [6.07, 6.45) is -1.30. The zero-order chi connectivity index (χ0) is 79.9. The predicted molar refractivity (Wildman–Crippen MR) is 416 cm³/mol. The molecule has 0 aromatic carbocycles. The van der Waals surface area contributed by atoms with Gasteiger partial charge in [0.25, 0.3) is 0 Å².